The van der Waals surface area contributed by atoms with E-state index in [4.69, 9.17) is 47.0 Å². The average molecular weight is 486 g/mol. The van der Waals surface area contributed by atoms with Crippen LogP contribution in [0, 0.1) is 0 Å². The van der Waals surface area contributed by atoms with Crippen LogP contribution in [0.4, 0.5) is 11.4 Å². The third kappa shape index (κ3) is 8.59. The maximum atomic E-state index is 12.2. The molecule has 2 rings (SSSR count). The monoisotopic (exact) mass is 484 g/mol. The number of hydrogen-bond acceptors (Lipinski definition) is 3. The molecule has 0 aliphatic carbocycles. The van der Waals surface area contributed by atoms with Crippen LogP contribution in [0.2, 0.25) is 0 Å². The predicted molar refractivity (Wildman–Crippen MR) is 128 cm³/mol. The Kier molecular flexibility index (Phi) is 8.92. The highest BCUT2D eigenvalue weighted by Gasteiger charge is 2.34. The van der Waals surface area contributed by atoms with Crippen molar-refractivity contribution in [1.29, 1.82) is 0 Å². The molecule has 0 bridgehead atoms. The van der Waals surface area contributed by atoms with Gasteiger partial charge in [0.25, 0.3) is 0 Å². The normalized spacial score (nSPS) is 12.1. The van der Waals surface area contributed by atoms with E-state index in [1.807, 2.05) is 30.3 Å². The van der Waals surface area contributed by atoms with E-state index in [2.05, 4.69) is 21.3 Å². The Balaban J connectivity index is 1.96. The first-order valence-corrected chi connectivity index (χ1v) is 10.2. The molecule has 2 aromatic rings. The lowest BCUT2D eigenvalue weighted by molar-refractivity contribution is -0.117. The van der Waals surface area contributed by atoms with Crippen LogP contribution in [0.25, 0.3) is 6.08 Å². The molecule has 0 aliphatic heterocycles. The van der Waals surface area contributed by atoms with Gasteiger partial charge in [0.05, 0.1) is 0 Å². The van der Waals surface area contributed by atoms with Crippen molar-refractivity contribution in [3.05, 3.63) is 66.2 Å². The summed E-state index contributed by atoms with van der Waals surface area (Å²) in [6.07, 6.45) is 1.88. The first-order chi connectivity index (χ1) is 14.1. The fourth-order valence-electron chi connectivity index (χ4n) is 2.26. The van der Waals surface area contributed by atoms with Crippen LogP contribution in [0.5, 0.6) is 0 Å². The van der Waals surface area contributed by atoms with Crippen molar-refractivity contribution < 1.29 is 9.59 Å². The Bertz CT molecular complexity index is 916. The Labute approximate surface area is 195 Å². The summed E-state index contributed by atoms with van der Waals surface area (Å²) in [5.74, 6) is -0.638. The Hall–Kier alpha value is -2.32. The van der Waals surface area contributed by atoms with Gasteiger partial charge in [-0.3, -0.25) is 9.59 Å². The first kappa shape index (κ1) is 24.0. The molecule has 0 saturated carbocycles. The number of amides is 2. The van der Waals surface area contributed by atoms with Crippen LogP contribution in [0.3, 0.4) is 0 Å². The molecule has 0 saturated heterocycles. The Morgan fingerprint density at radius 3 is 2.03 bits per heavy atom. The van der Waals surface area contributed by atoms with E-state index in [9.17, 15) is 9.59 Å². The van der Waals surface area contributed by atoms with Gasteiger partial charge in [-0.15, -0.1) is 0 Å². The number of halogens is 3. The van der Waals surface area contributed by atoms with Gasteiger partial charge < -0.3 is 21.3 Å². The lowest BCUT2D eigenvalue weighted by Gasteiger charge is -2.27. The van der Waals surface area contributed by atoms with Crippen molar-refractivity contribution in [2.75, 3.05) is 10.6 Å². The summed E-state index contributed by atoms with van der Waals surface area (Å²) in [4.78, 5) is 23.3. The van der Waals surface area contributed by atoms with Crippen molar-refractivity contribution in [2.24, 2.45) is 0 Å². The number of benzene rings is 2. The number of thiocarbonyl (C=S) groups is 1. The summed E-state index contributed by atoms with van der Waals surface area (Å²) in [7, 11) is 0. The van der Waals surface area contributed by atoms with Crippen LogP contribution in [0.15, 0.2) is 60.7 Å². The number of rotatable bonds is 6. The van der Waals surface area contributed by atoms with Crippen LogP contribution < -0.4 is 21.3 Å². The van der Waals surface area contributed by atoms with Gasteiger partial charge in [0.15, 0.2) is 5.11 Å². The summed E-state index contributed by atoms with van der Waals surface area (Å²) in [6, 6.07) is 16.1. The number of hydrogen-bond donors (Lipinski definition) is 4. The highest BCUT2D eigenvalue weighted by Crippen LogP contribution is 2.29. The van der Waals surface area contributed by atoms with E-state index in [0.717, 1.165) is 5.56 Å². The van der Waals surface area contributed by atoms with Crippen LogP contribution in [0.1, 0.15) is 12.5 Å². The van der Waals surface area contributed by atoms with E-state index in [0.29, 0.717) is 11.4 Å². The number of carbonyl (C=O) groups is 2. The zero-order valence-electron chi connectivity index (χ0n) is 15.8. The number of carbonyl (C=O) groups excluding carboxylic acids is 2. The number of anilines is 2. The van der Waals surface area contributed by atoms with E-state index >= 15 is 0 Å². The van der Waals surface area contributed by atoms with Crippen molar-refractivity contribution >= 4 is 81.4 Å². The van der Waals surface area contributed by atoms with E-state index in [-0.39, 0.29) is 11.0 Å². The van der Waals surface area contributed by atoms with Crippen LogP contribution in [-0.2, 0) is 9.59 Å². The van der Waals surface area contributed by atoms with Gasteiger partial charge in [-0.25, -0.2) is 0 Å². The molecule has 158 valence electrons. The van der Waals surface area contributed by atoms with E-state index in [1.54, 1.807) is 30.3 Å². The minimum Gasteiger partial charge on any atom is -0.339 e. The molecular weight excluding hydrogens is 467 g/mol. The second-order valence-electron chi connectivity index (χ2n) is 6.08. The molecule has 6 nitrogen and oxygen atoms in total. The largest absolute Gasteiger partial charge is 0.339 e. The van der Waals surface area contributed by atoms with Gasteiger partial charge in [0, 0.05) is 24.4 Å². The Morgan fingerprint density at radius 1 is 0.933 bits per heavy atom. The number of alkyl halides is 3. The predicted octanol–water partition coefficient (Wildman–Crippen LogP) is 4.46. The average Bonchev–Trinajstić information content (AvgIpc) is 2.67. The molecule has 0 radical (unpaired) electrons. The van der Waals surface area contributed by atoms with Gasteiger partial charge in [-0.1, -0.05) is 65.1 Å². The Morgan fingerprint density at radius 2 is 1.50 bits per heavy atom. The molecule has 4 N–H and O–H groups in total. The standard InChI is InChI=1S/C20H19Cl3N4O2S/c1-13(28)24-15-8-10-16(11-9-15)25-19(30)27-18(20(21,22)23)26-17(29)12-7-14-5-3-2-4-6-14/h2-12,18H,1H3,(H,24,28)(H,26,29)(H2,25,27,30)/b12-7-/t18-/m0/s1. The smallest absolute Gasteiger partial charge is 0.245 e. The van der Waals surface area contributed by atoms with Gasteiger partial charge in [-0.2, -0.15) is 0 Å². The van der Waals surface area contributed by atoms with Crippen molar-refractivity contribution in [3.63, 3.8) is 0 Å². The molecule has 2 amide bonds. The lowest BCUT2D eigenvalue weighted by atomic mass is 10.2. The summed E-state index contributed by atoms with van der Waals surface area (Å²) in [5, 5.41) is 11.0. The molecule has 10 heteroatoms. The van der Waals surface area contributed by atoms with E-state index < -0.39 is 15.9 Å². The zero-order chi connectivity index (χ0) is 22.1. The molecular formula is C20H19Cl3N4O2S. The SMILES string of the molecule is CC(=O)Nc1ccc(NC(=S)N[C@H](NC(=O)/C=C\c2ccccc2)C(Cl)(Cl)Cl)cc1. The topological polar surface area (TPSA) is 82.3 Å². The molecule has 0 aromatic heterocycles. The third-order valence-electron chi connectivity index (χ3n) is 3.58. The lowest BCUT2D eigenvalue weighted by Crippen LogP contribution is -2.55. The molecule has 2 aromatic carbocycles. The fourth-order valence-corrected chi connectivity index (χ4v) is 2.83. The van der Waals surface area contributed by atoms with Crippen molar-refractivity contribution in [2.45, 2.75) is 16.9 Å². The van der Waals surface area contributed by atoms with Gasteiger partial charge in [0.1, 0.15) is 6.17 Å². The second kappa shape index (κ2) is 11.2. The van der Waals surface area contributed by atoms with Gasteiger partial charge in [0.2, 0.25) is 15.6 Å². The maximum absolute atomic E-state index is 12.2. The quantitative estimate of drug-likeness (QED) is 0.210. The molecule has 1 atom stereocenters. The van der Waals surface area contributed by atoms with Gasteiger partial charge in [-0.05, 0) is 48.1 Å². The molecule has 0 fully saturated rings. The summed E-state index contributed by atoms with van der Waals surface area (Å²) < 4.78 is -1.86. The molecule has 0 heterocycles. The van der Waals surface area contributed by atoms with Crippen LogP contribution in [-0.4, -0.2) is 26.9 Å². The first-order valence-electron chi connectivity index (χ1n) is 8.69. The highest BCUT2D eigenvalue weighted by molar-refractivity contribution is 7.80. The highest BCUT2D eigenvalue weighted by atomic mass is 35.6. The summed E-state index contributed by atoms with van der Waals surface area (Å²) in [6.45, 7) is 1.42. The van der Waals surface area contributed by atoms with Gasteiger partial charge >= 0.3 is 0 Å². The minimum atomic E-state index is -1.86. The summed E-state index contributed by atoms with van der Waals surface area (Å²) >= 11 is 23.2. The number of nitrogens with one attached hydrogen (secondary N) is 4. The molecule has 0 aliphatic rings. The fraction of sp³-hybridized carbons (Fsp3) is 0.150. The summed E-state index contributed by atoms with van der Waals surface area (Å²) in [5.41, 5.74) is 2.13. The second-order valence-corrected chi connectivity index (χ2v) is 8.86. The zero-order valence-corrected chi connectivity index (χ0v) is 18.9. The van der Waals surface area contributed by atoms with Crippen molar-refractivity contribution in [1.82, 2.24) is 10.6 Å². The van der Waals surface area contributed by atoms with Crippen molar-refractivity contribution in [3.8, 4) is 0 Å². The minimum absolute atomic E-state index is 0.131. The molecule has 0 unspecified atom stereocenters. The van der Waals surface area contributed by atoms with Crippen LogP contribution >= 0.6 is 47.0 Å². The maximum Gasteiger partial charge on any atom is 0.245 e. The van der Waals surface area contributed by atoms with E-state index in [1.165, 1.54) is 13.0 Å². The molecule has 30 heavy (non-hydrogen) atoms. The molecule has 0 spiro atoms. The third-order valence-corrected chi connectivity index (χ3v) is 4.45.